The van der Waals surface area contributed by atoms with Gasteiger partial charge in [-0.25, -0.2) is 8.42 Å². The summed E-state index contributed by atoms with van der Waals surface area (Å²) in [6.45, 7) is 1.93. The zero-order valence-corrected chi connectivity index (χ0v) is 13.3. The highest BCUT2D eigenvalue weighted by molar-refractivity contribution is 7.89. The van der Waals surface area contributed by atoms with E-state index in [4.69, 9.17) is 0 Å². The summed E-state index contributed by atoms with van der Waals surface area (Å²) < 4.78 is 65.1. The van der Waals surface area contributed by atoms with E-state index in [1.54, 1.807) is 0 Å². The molecule has 124 valence electrons. The van der Waals surface area contributed by atoms with E-state index in [9.17, 15) is 21.6 Å². The highest BCUT2D eigenvalue weighted by Gasteiger charge is 2.35. The largest absolute Gasteiger partial charge is 0.416 e. The second-order valence-corrected chi connectivity index (χ2v) is 7.38. The number of hydrogen-bond acceptors (Lipinski definition) is 3. The molecule has 0 aromatic heterocycles. The Labute approximate surface area is 128 Å². The van der Waals surface area contributed by atoms with Crippen LogP contribution in [0.2, 0.25) is 0 Å². The van der Waals surface area contributed by atoms with E-state index < -0.39 is 21.8 Å². The van der Waals surface area contributed by atoms with E-state index in [0.717, 1.165) is 6.07 Å². The minimum atomic E-state index is -4.56. The van der Waals surface area contributed by atoms with Crippen LogP contribution in [0.25, 0.3) is 0 Å². The van der Waals surface area contributed by atoms with Gasteiger partial charge in [0.05, 0.1) is 10.5 Å². The summed E-state index contributed by atoms with van der Waals surface area (Å²) in [5, 5.41) is 3.08. The first-order valence-electron chi connectivity index (χ1n) is 7.01. The molecule has 1 heterocycles. The van der Waals surface area contributed by atoms with Gasteiger partial charge in [0.1, 0.15) is 0 Å². The van der Waals surface area contributed by atoms with Crippen LogP contribution in [0.15, 0.2) is 23.1 Å². The smallest absolute Gasteiger partial charge is 0.317 e. The van der Waals surface area contributed by atoms with Gasteiger partial charge in [0.15, 0.2) is 0 Å². The number of nitrogens with one attached hydrogen (secondary N) is 1. The summed E-state index contributed by atoms with van der Waals surface area (Å²) >= 11 is 0. The highest BCUT2D eigenvalue weighted by Crippen LogP contribution is 2.34. The Balaban J connectivity index is 2.31. The predicted octanol–water partition coefficient (Wildman–Crippen LogP) is 2.39. The third kappa shape index (κ3) is 3.44. The number of halogens is 3. The van der Waals surface area contributed by atoms with Crippen LogP contribution < -0.4 is 5.32 Å². The van der Waals surface area contributed by atoms with Gasteiger partial charge in [-0.15, -0.1) is 0 Å². The molecule has 22 heavy (non-hydrogen) atoms. The van der Waals surface area contributed by atoms with Crippen LogP contribution in [0.1, 0.15) is 24.0 Å². The van der Waals surface area contributed by atoms with Crippen molar-refractivity contribution in [2.24, 2.45) is 0 Å². The zero-order valence-electron chi connectivity index (χ0n) is 12.4. The van der Waals surface area contributed by atoms with Crippen molar-refractivity contribution in [2.75, 3.05) is 20.1 Å². The van der Waals surface area contributed by atoms with Crippen molar-refractivity contribution in [3.05, 3.63) is 29.3 Å². The molecule has 1 saturated heterocycles. The first kappa shape index (κ1) is 17.2. The van der Waals surface area contributed by atoms with Crippen molar-refractivity contribution in [3.8, 4) is 0 Å². The van der Waals surface area contributed by atoms with Crippen LogP contribution in [0, 0.1) is 6.92 Å². The molecule has 0 bridgehead atoms. The summed E-state index contributed by atoms with van der Waals surface area (Å²) in [5.41, 5.74) is -0.890. The molecule has 0 unspecified atom stereocenters. The number of nitrogens with zero attached hydrogens (tertiary/aromatic N) is 1. The molecule has 0 spiro atoms. The van der Waals surface area contributed by atoms with Crippen LogP contribution >= 0.6 is 0 Å². The standard InChI is InChI=1S/C14H19F3N2O2S/c1-10-3-4-12(9-13(10)14(15,16)17)22(20,21)19-7-5-11(18-2)6-8-19/h3-4,9,11,18H,5-8H2,1-2H3. The number of hydrogen-bond donors (Lipinski definition) is 1. The Kier molecular flexibility index (Phi) is 4.84. The van der Waals surface area contributed by atoms with Gasteiger partial charge in [0, 0.05) is 19.1 Å². The summed E-state index contributed by atoms with van der Waals surface area (Å²) in [7, 11) is -2.08. The Morgan fingerprint density at radius 1 is 1.23 bits per heavy atom. The first-order valence-corrected chi connectivity index (χ1v) is 8.45. The molecule has 1 aromatic carbocycles. The highest BCUT2D eigenvalue weighted by atomic mass is 32.2. The van der Waals surface area contributed by atoms with Crippen LogP contribution in [0.5, 0.6) is 0 Å². The van der Waals surface area contributed by atoms with E-state index >= 15 is 0 Å². The van der Waals surface area contributed by atoms with Crippen molar-refractivity contribution in [1.29, 1.82) is 0 Å². The minimum absolute atomic E-state index is 0.0142. The van der Waals surface area contributed by atoms with Crippen LogP contribution in [-0.4, -0.2) is 38.9 Å². The number of aryl methyl sites for hydroxylation is 1. The van der Waals surface area contributed by atoms with Gasteiger partial charge >= 0.3 is 6.18 Å². The molecule has 0 saturated carbocycles. The average molecular weight is 336 g/mol. The van der Waals surface area contributed by atoms with Crippen LogP contribution in [0.3, 0.4) is 0 Å². The number of piperidine rings is 1. The molecule has 0 atom stereocenters. The van der Waals surface area contributed by atoms with Gasteiger partial charge in [-0.05, 0) is 44.5 Å². The summed E-state index contributed by atoms with van der Waals surface area (Å²) in [5.74, 6) is 0. The lowest BCUT2D eigenvalue weighted by molar-refractivity contribution is -0.138. The Bertz CT molecular complexity index is 636. The fourth-order valence-corrected chi connectivity index (χ4v) is 4.10. The summed E-state index contributed by atoms with van der Waals surface area (Å²) in [6.07, 6.45) is -3.27. The minimum Gasteiger partial charge on any atom is -0.317 e. The maximum absolute atomic E-state index is 12.9. The zero-order chi connectivity index (χ0) is 16.5. The molecule has 8 heteroatoms. The number of sulfonamides is 1. The molecule has 0 radical (unpaired) electrons. The van der Waals surface area contributed by atoms with Gasteiger partial charge in [-0.1, -0.05) is 6.07 Å². The summed E-state index contributed by atoms with van der Waals surface area (Å²) in [6, 6.07) is 3.42. The Morgan fingerprint density at radius 2 is 1.82 bits per heavy atom. The van der Waals surface area contributed by atoms with Crippen LogP contribution in [0.4, 0.5) is 13.2 Å². The number of benzene rings is 1. The quantitative estimate of drug-likeness (QED) is 0.922. The third-order valence-electron chi connectivity index (χ3n) is 4.01. The molecule has 0 aliphatic carbocycles. The topological polar surface area (TPSA) is 49.4 Å². The molecule has 0 amide bonds. The second kappa shape index (κ2) is 6.17. The van der Waals surface area contributed by atoms with Crippen molar-refractivity contribution < 1.29 is 21.6 Å². The fraction of sp³-hybridized carbons (Fsp3) is 0.571. The van der Waals surface area contributed by atoms with Gasteiger partial charge in [-0.3, -0.25) is 0 Å². The van der Waals surface area contributed by atoms with Gasteiger partial charge in [0.2, 0.25) is 10.0 Å². The van der Waals surface area contributed by atoms with Crippen LogP contribution in [-0.2, 0) is 16.2 Å². The molecule has 1 fully saturated rings. The molecular weight excluding hydrogens is 317 g/mol. The van der Waals surface area contributed by atoms with E-state index in [0.29, 0.717) is 25.9 Å². The lowest BCUT2D eigenvalue weighted by atomic mass is 10.1. The van der Waals surface area contributed by atoms with Crippen molar-refractivity contribution in [1.82, 2.24) is 9.62 Å². The summed E-state index contributed by atoms with van der Waals surface area (Å²) in [4.78, 5) is -0.298. The van der Waals surface area contributed by atoms with E-state index in [1.165, 1.54) is 23.4 Å². The first-order chi connectivity index (χ1) is 10.2. The molecular formula is C14H19F3N2O2S. The molecule has 1 aliphatic heterocycles. The van der Waals surface area contributed by atoms with Gasteiger partial charge in [-0.2, -0.15) is 17.5 Å². The molecule has 1 aromatic rings. The normalized spacial score (nSPS) is 18.6. The van der Waals surface area contributed by atoms with E-state index in [-0.39, 0.29) is 16.5 Å². The van der Waals surface area contributed by atoms with Gasteiger partial charge in [0.25, 0.3) is 0 Å². The molecule has 1 aliphatic rings. The van der Waals surface area contributed by atoms with E-state index in [1.807, 2.05) is 7.05 Å². The van der Waals surface area contributed by atoms with Crippen molar-refractivity contribution in [3.63, 3.8) is 0 Å². The van der Waals surface area contributed by atoms with Crippen molar-refractivity contribution in [2.45, 2.75) is 36.9 Å². The molecule has 4 nitrogen and oxygen atoms in total. The predicted molar refractivity (Wildman–Crippen MR) is 77.0 cm³/mol. The van der Waals surface area contributed by atoms with E-state index in [2.05, 4.69) is 5.32 Å². The monoisotopic (exact) mass is 336 g/mol. The fourth-order valence-electron chi connectivity index (χ4n) is 2.60. The third-order valence-corrected chi connectivity index (χ3v) is 5.91. The van der Waals surface area contributed by atoms with Crippen molar-refractivity contribution >= 4 is 10.0 Å². The maximum atomic E-state index is 12.9. The maximum Gasteiger partial charge on any atom is 0.416 e. The second-order valence-electron chi connectivity index (χ2n) is 5.44. The number of rotatable bonds is 3. The lowest BCUT2D eigenvalue weighted by Crippen LogP contribution is -2.43. The Hall–Kier alpha value is -1.12. The Morgan fingerprint density at radius 3 is 2.32 bits per heavy atom. The lowest BCUT2D eigenvalue weighted by Gasteiger charge is -2.31. The molecule has 1 N–H and O–H groups in total. The van der Waals surface area contributed by atoms with Gasteiger partial charge < -0.3 is 5.32 Å². The molecule has 2 rings (SSSR count). The number of alkyl halides is 3. The average Bonchev–Trinajstić information content (AvgIpc) is 2.46. The SMILES string of the molecule is CNC1CCN(S(=O)(=O)c2ccc(C)c(C(F)(F)F)c2)CC1.